The third kappa shape index (κ3) is 5.03. The van der Waals surface area contributed by atoms with Crippen LogP contribution in [0.1, 0.15) is 30.9 Å². The normalized spacial score (nSPS) is 17.8. The summed E-state index contributed by atoms with van der Waals surface area (Å²) in [5, 5.41) is 3.58. The summed E-state index contributed by atoms with van der Waals surface area (Å²) in [4.78, 5) is 2.55. The second kappa shape index (κ2) is 8.97. The molecule has 1 atom stereocenters. The van der Waals surface area contributed by atoms with E-state index in [1.807, 2.05) is 18.2 Å². The zero-order chi connectivity index (χ0) is 17.5. The van der Waals surface area contributed by atoms with E-state index in [4.69, 9.17) is 4.74 Å². The van der Waals surface area contributed by atoms with Gasteiger partial charge in [-0.3, -0.25) is 4.90 Å². The summed E-state index contributed by atoms with van der Waals surface area (Å²) in [5.41, 5.74) is 2.12. The second-order valence-corrected chi connectivity index (χ2v) is 6.58. The molecule has 0 aromatic heterocycles. The van der Waals surface area contributed by atoms with Gasteiger partial charge < -0.3 is 10.1 Å². The number of ether oxygens (including phenoxy) is 1. The number of nitrogens with one attached hydrogen (secondary N) is 1. The molecule has 1 aliphatic rings. The first kappa shape index (κ1) is 17.9. The van der Waals surface area contributed by atoms with Crippen molar-refractivity contribution in [3.8, 4) is 5.75 Å². The molecule has 1 heterocycles. The molecule has 0 unspecified atom stereocenters. The molecular formula is C21H27FN2O. The lowest BCUT2D eigenvalue weighted by molar-refractivity contribution is 0.259. The van der Waals surface area contributed by atoms with Crippen LogP contribution >= 0.6 is 0 Å². The minimum atomic E-state index is -0.221. The Labute approximate surface area is 149 Å². The molecule has 1 fully saturated rings. The van der Waals surface area contributed by atoms with Crippen molar-refractivity contribution in [2.24, 2.45) is 0 Å². The van der Waals surface area contributed by atoms with Gasteiger partial charge >= 0.3 is 0 Å². The van der Waals surface area contributed by atoms with Gasteiger partial charge in [-0.05, 0) is 49.7 Å². The van der Waals surface area contributed by atoms with Crippen molar-refractivity contribution < 1.29 is 9.13 Å². The zero-order valence-electron chi connectivity index (χ0n) is 14.9. The number of nitrogens with zero attached hydrogens (tertiary/aromatic N) is 1. The predicted octanol–water partition coefficient (Wildman–Crippen LogP) is 3.98. The van der Waals surface area contributed by atoms with E-state index in [0.717, 1.165) is 36.5 Å². The van der Waals surface area contributed by atoms with Gasteiger partial charge in [0.1, 0.15) is 18.2 Å². The van der Waals surface area contributed by atoms with Crippen molar-refractivity contribution in [3.05, 3.63) is 65.5 Å². The van der Waals surface area contributed by atoms with Crippen LogP contribution in [0.5, 0.6) is 5.75 Å². The summed E-state index contributed by atoms with van der Waals surface area (Å²) in [7, 11) is 0. The van der Waals surface area contributed by atoms with Crippen molar-refractivity contribution in [1.29, 1.82) is 0 Å². The van der Waals surface area contributed by atoms with Crippen LogP contribution < -0.4 is 10.1 Å². The molecule has 0 saturated carbocycles. The fourth-order valence-electron chi connectivity index (χ4n) is 3.45. The molecule has 2 aromatic rings. The number of rotatable bonds is 8. The lowest BCUT2D eigenvalue weighted by Crippen LogP contribution is -2.37. The third-order valence-electron chi connectivity index (χ3n) is 4.88. The van der Waals surface area contributed by atoms with Crippen LogP contribution in [0.15, 0.2) is 48.5 Å². The Morgan fingerprint density at radius 2 is 1.96 bits per heavy atom. The van der Waals surface area contributed by atoms with E-state index < -0.39 is 0 Å². The molecule has 0 spiro atoms. The maximum atomic E-state index is 13.0. The van der Waals surface area contributed by atoms with E-state index in [1.54, 1.807) is 12.1 Å². The van der Waals surface area contributed by atoms with Crippen molar-refractivity contribution in [1.82, 2.24) is 10.2 Å². The van der Waals surface area contributed by atoms with E-state index in [1.165, 1.54) is 31.5 Å². The lowest BCUT2D eigenvalue weighted by atomic mass is 10.1. The van der Waals surface area contributed by atoms with Crippen molar-refractivity contribution in [2.75, 3.05) is 19.6 Å². The van der Waals surface area contributed by atoms with Gasteiger partial charge in [-0.25, -0.2) is 4.39 Å². The molecule has 4 heteroatoms. The molecule has 1 N–H and O–H groups in total. The van der Waals surface area contributed by atoms with Crippen molar-refractivity contribution in [2.45, 2.75) is 39.0 Å². The maximum Gasteiger partial charge on any atom is 0.124 e. The highest BCUT2D eigenvalue weighted by Gasteiger charge is 2.22. The average Bonchev–Trinajstić information content (AvgIpc) is 3.10. The molecule has 0 radical (unpaired) electrons. The van der Waals surface area contributed by atoms with Gasteiger partial charge in [0.25, 0.3) is 0 Å². The van der Waals surface area contributed by atoms with Gasteiger partial charge in [0.15, 0.2) is 0 Å². The van der Waals surface area contributed by atoms with Gasteiger partial charge in [-0.15, -0.1) is 0 Å². The summed E-state index contributed by atoms with van der Waals surface area (Å²) >= 11 is 0. The highest BCUT2D eigenvalue weighted by Crippen LogP contribution is 2.20. The van der Waals surface area contributed by atoms with Gasteiger partial charge in [0.2, 0.25) is 0 Å². The average molecular weight is 342 g/mol. The number of likely N-dealkylation sites (tertiary alicyclic amines) is 1. The molecule has 0 aliphatic carbocycles. The fraction of sp³-hybridized carbons (Fsp3) is 0.429. The predicted molar refractivity (Wildman–Crippen MR) is 99.1 cm³/mol. The van der Waals surface area contributed by atoms with E-state index in [-0.39, 0.29) is 5.82 Å². The Balaban J connectivity index is 1.52. The number of hydrogen-bond donors (Lipinski definition) is 1. The first-order valence-corrected chi connectivity index (χ1v) is 9.16. The fourth-order valence-corrected chi connectivity index (χ4v) is 3.45. The second-order valence-electron chi connectivity index (χ2n) is 6.58. The standard InChI is InChI=1S/C21H27FN2O/c1-2-24-13-5-7-20(24)15-23-14-18-6-3-4-8-21(18)25-16-17-9-11-19(22)12-10-17/h3-4,6,8-12,20,23H,2,5,7,13-16H2,1H3/t20-/m0/s1. The van der Waals surface area contributed by atoms with Gasteiger partial charge in [-0.1, -0.05) is 37.3 Å². The lowest BCUT2D eigenvalue weighted by Gasteiger charge is -2.23. The van der Waals surface area contributed by atoms with Gasteiger partial charge in [0, 0.05) is 24.7 Å². The van der Waals surface area contributed by atoms with E-state index in [0.29, 0.717) is 12.6 Å². The number of halogens is 1. The quantitative estimate of drug-likeness (QED) is 0.785. The summed E-state index contributed by atoms with van der Waals surface area (Å²) in [5.74, 6) is 0.666. The Morgan fingerprint density at radius 1 is 1.16 bits per heavy atom. The Kier molecular flexibility index (Phi) is 6.42. The maximum absolute atomic E-state index is 13.0. The van der Waals surface area contributed by atoms with Crippen LogP contribution in [-0.4, -0.2) is 30.6 Å². The van der Waals surface area contributed by atoms with Crippen LogP contribution in [-0.2, 0) is 13.2 Å². The molecule has 2 aromatic carbocycles. The molecule has 0 bridgehead atoms. The molecule has 3 rings (SSSR count). The molecule has 25 heavy (non-hydrogen) atoms. The smallest absolute Gasteiger partial charge is 0.124 e. The molecule has 0 amide bonds. The topological polar surface area (TPSA) is 24.5 Å². The minimum Gasteiger partial charge on any atom is -0.489 e. The Bertz CT molecular complexity index is 659. The number of hydrogen-bond acceptors (Lipinski definition) is 3. The van der Waals surface area contributed by atoms with Crippen LogP contribution in [0.2, 0.25) is 0 Å². The van der Waals surface area contributed by atoms with E-state index in [2.05, 4.69) is 23.2 Å². The Hall–Kier alpha value is -1.91. The van der Waals surface area contributed by atoms with Gasteiger partial charge in [0.05, 0.1) is 0 Å². The molecule has 1 aliphatic heterocycles. The summed E-state index contributed by atoms with van der Waals surface area (Å²) in [6.07, 6.45) is 2.58. The monoisotopic (exact) mass is 342 g/mol. The Morgan fingerprint density at radius 3 is 2.76 bits per heavy atom. The molecule has 134 valence electrons. The van der Waals surface area contributed by atoms with Gasteiger partial charge in [-0.2, -0.15) is 0 Å². The first-order chi connectivity index (χ1) is 12.3. The zero-order valence-corrected chi connectivity index (χ0v) is 14.9. The van der Waals surface area contributed by atoms with E-state index >= 15 is 0 Å². The van der Waals surface area contributed by atoms with Crippen LogP contribution in [0.4, 0.5) is 4.39 Å². The summed E-state index contributed by atoms with van der Waals surface area (Å²) in [6, 6.07) is 15.2. The van der Waals surface area contributed by atoms with Crippen molar-refractivity contribution >= 4 is 0 Å². The van der Waals surface area contributed by atoms with Crippen LogP contribution in [0.3, 0.4) is 0 Å². The first-order valence-electron chi connectivity index (χ1n) is 9.16. The summed E-state index contributed by atoms with van der Waals surface area (Å²) in [6.45, 7) is 6.85. The van der Waals surface area contributed by atoms with Crippen molar-refractivity contribution in [3.63, 3.8) is 0 Å². The molecule has 3 nitrogen and oxygen atoms in total. The number of likely N-dealkylation sites (N-methyl/N-ethyl adjacent to an activating group) is 1. The molecule has 1 saturated heterocycles. The third-order valence-corrected chi connectivity index (χ3v) is 4.88. The highest BCUT2D eigenvalue weighted by atomic mass is 19.1. The summed E-state index contributed by atoms with van der Waals surface area (Å²) < 4.78 is 18.9. The van der Waals surface area contributed by atoms with E-state index in [9.17, 15) is 4.39 Å². The molecular weight excluding hydrogens is 315 g/mol. The number of para-hydroxylation sites is 1. The number of benzene rings is 2. The highest BCUT2D eigenvalue weighted by molar-refractivity contribution is 5.33. The largest absolute Gasteiger partial charge is 0.489 e. The minimum absolute atomic E-state index is 0.221. The van der Waals surface area contributed by atoms with Crippen LogP contribution in [0, 0.1) is 5.82 Å². The van der Waals surface area contributed by atoms with Crippen LogP contribution in [0.25, 0.3) is 0 Å². The SMILES string of the molecule is CCN1CCC[C@H]1CNCc1ccccc1OCc1ccc(F)cc1.